The number of amides is 1. The zero-order chi connectivity index (χ0) is 25.3. The zero-order valence-corrected chi connectivity index (χ0v) is 20.2. The first-order valence-electron chi connectivity index (χ1n) is 10.3. The standard InChI is InChI=1S/C23H23Cl2F3N4O2/c1-22(2,3)7-8-31(12-14-5-4-6-15(9-14)23(26,27)28)21(34)20-29-13-32(30-20)16-10-17(24)19(33)18(25)11-16/h4-6,9-11,13,33H,7-8,12H2,1-3H3. The topological polar surface area (TPSA) is 71.2 Å². The van der Waals surface area contributed by atoms with Crippen molar-refractivity contribution in [3.8, 4) is 11.4 Å². The maximum Gasteiger partial charge on any atom is 0.416 e. The summed E-state index contributed by atoms with van der Waals surface area (Å²) in [6.45, 7) is 6.27. The molecule has 1 N–H and O–H groups in total. The molecule has 1 aromatic heterocycles. The van der Waals surface area contributed by atoms with Crippen molar-refractivity contribution in [2.24, 2.45) is 5.41 Å². The fourth-order valence-corrected chi connectivity index (χ4v) is 3.58. The molecule has 182 valence electrons. The number of benzene rings is 2. The van der Waals surface area contributed by atoms with E-state index in [1.54, 1.807) is 6.07 Å². The Labute approximate surface area is 204 Å². The average Bonchev–Trinajstić information content (AvgIpc) is 3.23. The predicted octanol–water partition coefficient (Wildman–Crippen LogP) is 6.38. The lowest BCUT2D eigenvalue weighted by Gasteiger charge is -2.26. The van der Waals surface area contributed by atoms with Crippen LogP contribution in [-0.2, 0) is 12.7 Å². The third-order valence-electron chi connectivity index (χ3n) is 5.00. The van der Waals surface area contributed by atoms with E-state index in [0.717, 1.165) is 12.1 Å². The maximum absolute atomic E-state index is 13.3. The number of hydrogen-bond acceptors (Lipinski definition) is 4. The number of rotatable bonds is 6. The Kier molecular flexibility index (Phi) is 7.47. The van der Waals surface area contributed by atoms with Crippen molar-refractivity contribution >= 4 is 29.1 Å². The van der Waals surface area contributed by atoms with Crippen LogP contribution < -0.4 is 0 Å². The molecule has 0 unspecified atom stereocenters. The summed E-state index contributed by atoms with van der Waals surface area (Å²) in [5, 5.41) is 13.9. The summed E-state index contributed by atoms with van der Waals surface area (Å²) >= 11 is 11.9. The minimum Gasteiger partial charge on any atom is -0.505 e. The van der Waals surface area contributed by atoms with E-state index >= 15 is 0 Å². The van der Waals surface area contributed by atoms with Gasteiger partial charge >= 0.3 is 6.18 Å². The lowest BCUT2D eigenvalue weighted by atomic mass is 9.92. The van der Waals surface area contributed by atoms with Crippen LogP contribution in [0, 0.1) is 5.41 Å². The fraction of sp³-hybridized carbons (Fsp3) is 0.348. The highest BCUT2D eigenvalue weighted by Crippen LogP contribution is 2.34. The largest absolute Gasteiger partial charge is 0.505 e. The number of halogens is 5. The van der Waals surface area contributed by atoms with Crippen LogP contribution in [0.4, 0.5) is 13.2 Å². The third kappa shape index (κ3) is 6.42. The predicted molar refractivity (Wildman–Crippen MR) is 123 cm³/mol. The van der Waals surface area contributed by atoms with E-state index in [4.69, 9.17) is 23.2 Å². The molecule has 1 amide bonds. The van der Waals surface area contributed by atoms with Crippen LogP contribution in [0.3, 0.4) is 0 Å². The van der Waals surface area contributed by atoms with Crippen molar-refractivity contribution in [2.45, 2.75) is 39.9 Å². The number of carbonyl (C=O) groups is 1. The second-order valence-electron chi connectivity index (χ2n) is 9.01. The normalized spacial score (nSPS) is 12.1. The summed E-state index contributed by atoms with van der Waals surface area (Å²) in [4.78, 5) is 18.8. The van der Waals surface area contributed by atoms with Gasteiger partial charge in [0.25, 0.3) is 5.91 Å². The minimum atomic E-state index is -4.48. The number of carbonyl (C=O) groups excluding carboxylic acids is 1. The number of alkyl halides is 3. The molecular weight excluding hydrogens is 492 g/mol. The van der Waals surface area contributed by atoms with Crippen molar-refractivity contribution in [1.29, 1.82) is 0 Å². The molecule has 0 aliphatic rings. The Morgan fingerprint density at radius 2 is 1.76 bits per heavy atom. The van der Waals surface area contributed by atoms with Crippen molar-refractivity contribution in [1.82, 2.24) is 19.7 Å². The van der Waals surface area contributed by atoms with Gasteiger partial charge in [-0.1, -0.05) is 56.1 Å². The SMILES string of the molecule is CC(C)(C)CCN(Cc1cccc(C(F)(F)F)c1)C(=O)c1ncn(-c2cc(Cl)c(O)c(Cl)c2)n1. The number of nitrogens with zero attached hydrogens (tertiary/aromatic N) is 4. The summed E-state index contributed by atoms with van der Waals surface area (Å²) in [7, 11) is 0. The molecule has 0 saturated heterocycles. The van der Waals surface area contributed by atoms with E-state index in [-0.39, 0.29) is 33.6 Å². The number of phenolic OH excluding ortho intramolecular Hbond substituents is 1. The molecule has 3 rings (SSSR count). The smallest absolute Gasteiger partial charge is 0.416 e. The van der Waals surface area contributed by atoms with Crippen LogP contribution in [0.1, 0.15) is 48.9 Å². The molecular formula is C23H23Cl2F3N4O2. The molecule has 6 nitrogen and oxygen atoms in total. The van der Waals surface area contributed by atoms with Gasteiger partial charge in [0.2, 0.25) is 5.82 Å². The molecule has 0 bridgehead atoms. The van der Waals surface area contributed by atoms with Gasteiger partial charge in [0.05, 0.1) is 21.3 Å². The number of aromatic nitrogens is 3. The van der Waals surface area contributed by atoms with Gasteiger partial charge in [-0.25, -0.2) is 9.67 Å². The lowest BCUT2D eigenvalue weighted by Crippen LogP contribution is -2.34. The van der Waals surface area contributed by atoms with Gasteiger partial charge in [-0.2, -0.15) is 13.2 Å². The van der Waals surface area contributed by atoms with Crippen LogP contribution in [0.15, 0.2) is 42.7 Å². The Bertz CT molecular complexity index is 1170. The quantitative estimate of drug-likeness (QED) is 0.414. The first-order chi connectivity index (χ1) is 15.7. The van der Waals surface area contributed by atoms with Crippen molar-refractivity contribution in [3.63, 3.8) is 0 Å². The first-order valence-corrected chi connectivity index (χ1v) is 11.1. The molecule has 2 aromatic carbocycles. The second kappa shape index (κ2) is 9.84. The molecule has 0 aliphatic heterocycles. The Morgan fingerprint density at radius 1 is 1.12 bits per heavy atom. The van der Waals surface area contributed by atoms with Crippen LogP contribution in [0.5, 0.6) is 5.75 Å². The van der Waals surface area contributed by atoms with Crippen LogP contribution in [0.2, 0.25) is 10.0 Å². The van der Waals surface area contributed by atoms with E-state index in [0.29, 0.717) is 24.2 Å². The highest BCUT2D eigenvalue weighted by atomic mass is 35.5. The van der Waals surface area contributed by atoms with Crippen molar-refractivity contribution < 1.29 is 23.1 Å². The molecule has 0 fully saturated rings. The molecule has 0 atom stereocenters. The molecule has 0 spiro atoms. The second-order valence-corrected chi connectivity index (χ2v) is 9.82. The summed E-state index contributed by atoms with van der Waals surface area (Å²) in [6, 6.07) is 7.69. The summed E-state index contributed by atoms with van der Waals surface area (Å²) in [6.07, 6.45) is -2.58. The first kappa shape index (κ1) is 25.8. The van der Waals surface area contributed by atoms with E-state index in [2.05, 4.69) is 10.1 Å². The van der Waals surface area contributed by atoms with Gasteiger partial charge in [0.1, 0.15) is 6.33 Å². The molecule has 11 heteroatoms. The number of hydrogen-bond donors (Lipinski definition) is 1. The lowest BCUT2D eigenvalue weighted by molar-refractivity contribution is -0.137. The summed E-state index contributed by atoms with van der Waals surface area (Å²) in [5.74, 6) is -0.949. The molecule has 1 heterocycles. The minimum absolute atomic E-state index is 0.00206. The highest BCUT2D eigenvalue weighted by molar-refractivity contribution is 6.37. The van der Waals surface area contributed by atoms with E-state index in [1.807, 2.05) is 20.8 Å². The van der Waals surface area contributed by atoms with E-state index in [1.165, 1.54) is 34.1 Å². The molecule has 34 heavy (non-hydrogen) atoms. The average molecular weight is 515 g/mol. The van der Waals surface area contributed by atoms with E-state index < -0.39 is 17.6 Å². The molecule has 0 saturated carbocycles. The van der Waals surface area contributed by atoms with Crippen molar-refractivity contribution in [2.75, 3.05) is 6.54 Å². The van der Waals surface area contributed by atoms with Gasteiger partial charge in [-0.3, -0.25) is 4.79 Å². The Balaban J connectivity index is 1.89. The van der Waals surface area contributed by atoms with Crippen LogP contribution in [-0.4, -0.2) is 37.2 Å². The third-order valence-corrected chi connectivity index (χ3v) is 5.57. The van der Waals surface area contributed by atoms with E-state index in [9.17, 15) is 23.1 Å². The van der Waals surface area contributed by atoms with Crippen molar-refractivity contribution in [3.05, 3.63) is 69.7 Å². The van der Waals surface area contributed by atoms with Gasteiger partial charge in [0.15, 0.2) is 5.75 Å². The summed E-state index contributed by atoms with van der Waals surface area (Å²) < 4.78 is 40.7. The molecule has 0 radical (unpaired) electrons. The van der Waals surface area contributed by atoms with Gasteiger partial charge in [-0.05, 0) is 41.7 Å². The zero-order valence-electron chi connectivity index (χ0n) is 18.7. The maximum atomic E-state index is 13.3. The molecule has 3 aromatic rings. The highest BCUT2D eigenvalue weighted by Gasteiger charge is 2.31. The number of phenols is 1. The Hall–Kier alpha value is -2.78. The van der Waals surface area contributed by atoms with Crippen LogP contribution >= 0.6 is 23.2 Å². The molecule has 0 aliphatic carbocycles. The van der Waals surface area contributed by atoms with Gasteiger partial charge in [-0.15, -0.1) is 5.10 Å². The van der Waals surface area contributed by atoms with Crippen LogP contribution in [0.25, 0.3) is 5.69 Å². The van der Waals surface area contributed by atoms with Gasteiger partial charge in [0, 0.05) is 13.1 Å². The Morgan fingerprint density at radius 3 is 2.35 bits per heavy atom. The summed E-state index contributed by atoms with van der Waals surface area (Å²) in [5.41, 5.74) is -0.178. The van der Waals surface area contributed by atoms with Gasteiger partial charge < -0.3 is 10.0 Å². The number of aromatic hydroxyl groups is 1. The monoisotopic (exact) mass is 514 g/mol. The fourth-order valence-electron chi connectivity index (χ4n) is 3.10.